The van der Waals surface area contributed by atoms with E-state index < -0.39 is 17.3 Å². The van der Waals surface area contributed by atoms with Gasteiger partial charge in [0.1, 0.15) is 5.71 Å². The van der Waals surface area contributed by atoms with E-state index in [0.29, 0.717) is 5.56 Å². The minimum absolute atomic E-state index is 0.107. The number of aliphatic imine (C=N–C) groups is 1. The number of hydrogen-bond donors (Lipinski definition) is 0. The largest absolute Gasteiger partial charge is 0.416 e. The quantitative estimate of drug-likeness (QED) is 0.623. The van der Waals surface area contributed by atoms with Crippen molar-refractivity contribution in [3.8, 4) is 0 Å². The molecule has 1 amide bonds. The van der Waals surface area contributed by atoms with E-state index >= 15 is 0 Å². The third-order valence-corrected chi connectivity index (χ3v) is 5.12. The molecule has 0 bridgehead atoms. The maximum Gasteiger partial charge on any atom is 0.416 e. The number of benzene rings is 2. The van der Waals surface area contributed by atoms with E-state index in [0.717, 1.165) is 34.5 Å². The summed E-state index contributed by atoms with van der Waals surface area (Å²) in [6, 6.07) is 8.63. The van der Waals surface area contributed by atoms with Crippen molar-refractivity contribution in [2.24, 2.45) is 4.99 Å². The Balaban J connectivity index is 1.93. The van der Waals surface area contributed by atoms with Crippen molar-refractivity contribution in [2.45, 2.75) is 39.4 Å². The molecule has 144 valence electrons. The van der Waals surface area contributed by atoms with E-state index in [1.54, 1.807) is 4.90 Å². The molecule has 4 rings (SSSR count). The standard InChI is InChI=1S/C22H19F3N2O/c1-12-8-16-13(2)11-21(3,4)27-19(16)17(9-12)18(20(27)28)26-15-7-5-6-14(10-15)22(23,24)25/h5-11H,1-4H3. The minimum Gasteiger partial charge on any atom is -0.297 e. The first-order valence-electron chi connectivity index (χ1n) is 8.94. The predicted molar refractivity (Wildman–Crippen MR) is 104 cm³/mol. The van der Waals surface area contributed by atoms with Gasteiger partial charge in [0.05, 0.1) is 22.5 Å². The monoisotopic (exact) mass is 384 g/mol. The lowest BCUT2D eigenvalue weighted by Gasteiger charge is -2.38. The van der Waals surface area contributed by atoms with E-state index in [2.05, 4.69) is 4.99 Å². The van der Waals surface area contributed by atoms with Gasteiger partial charge in [-0.15, -0.1) is 0 Å². The van der Waals surface area contributed by atoms with Gasteiger partial charge in [-0.05, 0) is 69.2 Å². The van der Waals surface area contributed by atoms with Crippen LogP contribution >= 0.6 is 0 Å². The summed E-state index contributed by atoms with van der Waals surface area (Å²) in [7, 11) is 0. The molecule has 0 N–H and O–H groups in total. The molecule has 0 aromatic heterocycles. The van der Waals surface area contributed by atoms with E-state index in [-0.39, 0.29) is 17.3 Å². The lowest BCUT2D eigenvalue weighted by molar-refractivity contribution is -0.137. The molecule has 2 aliphatic rings. The molecule has 0 radical (unpaired) electrons. The third-order valence-electron chi connectivity index (χ3n) is 5.12. The summed E-state index contributed by atoms with van der Waals surface area (Å²) < 4.78 is 39.1. The first kappa shape index (κ1) is 18.5. The molecule has 3 nitrogen and oxygen atoms in total. The van der Waals surface area contributed by atoms with Gasteiger partial charge in [-0.25, -0.2) is 4.99 Å². The average Bonchev–Trinajstić information content (AvgIpc) is 2.85. The molecule has 0 unspecified atom stereocenters. The van der Waals surface area contributed by atoms with E-state index in [1.807, 2.05) is 45.9 Å². The maximum absolute atomic E-state index is 13.2. The molecule has 0 atom stereocenters. The SMILES string of the molecule is CC1=CC(C)(C)N2C(=O)C(=Nc3cccc(C(F)(F)F)c3)c3cc(C)cc1c32. The van der Waals surface area contributed by atoms with Crippen LogP contribution in [0, 0.1) is 6.92 Å². The highest BCUT2D eigenvalue weighted by Gasteiger charge is 2.45. The number of nitrogens with zero attached hydrogens (tertiary/aromatic N) is 2. The van der Waals surface area contributed by atoms with Crippen molar-refractivity contribution < 1.29 is 18.0 Å². The zero-order chi connectivity index (χ0) is 20.4. The van der Waals surface area contributed by atoms with Gasteiger partial charge in [0.15, 0.2) is 0 Å². The fourth-order valence-corrected chi connectivity index (χ4v) is 4.03. The van der Waals surface area contributed by atoms with Gasteiger partial charge in [-0.2, -0.15) is 13.2 Å². The molecule has 2 aromatic rings. The summed E-state index contributed by atoms with van der Waals surface area (Å²) in [5, 5.41) is 0. The first-order valence-corrected chi connectivity index (χ1v) is 8.94. The second kappa shape index (κ2) is 5.80. The lowest BCUT2D eigenvalue weighted by Crippen LogP contribution is -2.47. The van der Waals surface area contributed by atoms with Crippen LogP contribution in [0.5, 0.6) is 0 Å². The summed E-state index contributed by atoms with van der Waals surface area (Å²) in [5.41, 5.74) is 3.38. The number of hydrogen-bond acceptors (Lipinski definition) is 2. The van der Waals surface area contributed by atoms with E-state index in [1.165, 1.54) is 12.1 Å². The molecule has 2 aliphatic heterocycles. The average molecular weight is 384 g/mol. The Hall–Kier alpha value is -2.89. The van der Waals surface area contributed by atoms with Crippen molar-refractivity contribution >= 4 is 28.6 Å². The van der Waals surface area contributed by atoms with Crippen molar-refractivity contribution in [1.29, 1.82) is 0 Å². The number of carbonyl (C=O) groups is 1. The molecule has 0 fully saturated rings. The van der Waals surface area contributed by atoms with Crippen LogP contribution in [0.15, 0.2) is 47.5 Å². The van der Waals surface area contributed by atoms with Gasteiger partial charge in [0, 0.05) is 11.1 Å². The number of amides is 1. The van der Waals surface area contributed by atoms with Gasteiger partial charge >= 0.3 is 6.18 Å². The highest BCUT2D eigenvalue weighted by atomic mass is 19.4. The highest BCUT2D eigenvalue weighted by molar-refractivity contribution is 6.55. The molecule has 0 saturated heterocycles. The summed E-state index contributed by atoms with van der Waals surface area (Å²) in [6.45, 7) is 7.81. The molecule has 0 saturated carbocycles. The van der Waals surface area contributed by atoms with Gasteiger partial charge in [-0.3, -0.25) is 9.69 Å². The van der Waals surface area contributed by atoms with Crippen LogP contribution in [-0.4, -0.2) is 17.2 Å². The Labute approximate surface area is 161 Å². The fourth-order valence-electron chi connectivity index (χ4n) is 4.03. The van der Waals surface area contributed by atoms with Crippen LogP contribution in [0.4, 0.5) is 24.5 Å². The number of rotatable bonds is 1. The van der Waals surface area contributed by atoms with E-state index in [4.69, 9.17) is 0 Å². The number of aryl methyl sites for hydroxylation is 1. The predicted octanol–water partition coefficient (Wildman–Crippen LogP) is 5.68. The van der Waals surface area contributed by atoms with Crippen molar-refractivity contribution in [3.05, 3.63) is 64.7 Å². The number of halogens is 3. The molecule has 0 spiro atoms. The summed E-state index contributed by atoms with van der Waals surface area (Å²) >= 11 is 0. The van der Waals surface area contributed by atoms with Crippen molar-refractivity contribution in [3.63, 3.8) is 0 Å². The van der Waals surface area contributed by atoms with Crippen LogP contribution in [0.1, 0.15) is 43.0 Å². The van der Waals surface area contributed by atoms with Gasteiger partial charge < -0.3 is 0 Å². The summed E-state index contributed by atoms with van der Waals surface area (Å²) in [5.74, 6) is -0.298. The normalized spacial score (nSPS) is 19.1. The number of alkyl halides is 3. The van der Waals surface area contributed by atoms with Crippen LogP contribution in [0.3, 0.4) is 0 Å². The van der Waals surface area contributed by atoms with Crippen molar-refractivity contribution in [1.82, 2.24) is 0 Å². The van der Waals surface area contributed by atoms with Crippen LogP contribution in [-0.2, 0) is 11.0 Å². The third kappa shape index (κ3) is 2.75. The zero-order valence-corrected chi connectivity index (χ0v) is 16.0. The second-order valence-electron chi connectivity index (χ2n) is 7.84. The molecule has 0 aliphatic carbocycles. The Morgan fingerprint density at radius 2 is 1.71 bits per heavy atom. The number of anilines is 1. The summed E-state index contributed by atoms with van der Waals surface area (Å²) in [6.07, 6.45) is -2.43. The van der Waals surface area contributed by atoms with Gasteiger partial charge in [-0.1, -0.05) is 12.1 Å². The molecule has 6 heteroatoms. The first-order chi connectivity index (χ1) is 13.0. The maximum atomic E-state index is 13.2. The molecule has 2 aromatic carbocycles. The summed E-state index contributed by atoms with van der Waals surface area (Å²) in [4.78, 5) is 19.3. The van der Waals surface area contributed by atoms with E-state index in [9.17, 15) is 18.0 Å². The topological polar surface area (TPSA) is 32.7 Å². The second-order valence-corrected chi connectivity index (χ2v) is 7.84. The molecule has 2 heterocycles. The number of carbonyl (C=O) groups excluding carboxylic acids is 1. The van der Waals surface area contributed by atoms with Crippen LogP contribution in [0.25, 0.3) is 5.57 Å². The fraction of sp³-hybridized carbons (Fsp3) is 0.273. The Kier molecular flexibility index (Phi) is 3.83. The Morgan fingerprint density at radius 3 is 2.39 bits per heavy atom. The van der Waals surface area contributed by atoms with Gasteiger partial charge in [0.2, 0.25) is 0 Å². The zero-order valence-electron chi connectivity index (χ0n) is 16.0. The Bertz CT molecular complexity index is 1080. The number of allylic oxidation sites excluding steroid dienone is 1. The molecule has 28 heavy (non-hydrogen) atoms. The van der Waals surface area contributed by atoms with Crippen LogP contribution in [0.2, 0.25) is 0 Å². The van der Waals surface area contributed by atoms with Gasteiger partial charge in [0.25, 0.3) is 5.91 Å². The molecular formula is C22H19F3N2O. The molecular weight excluding hydrogens is 365 g/mol. The smallest absolute Gasteiger partial charge is 0.297 e. The minimum atomic E-state index is -4.46. The lowest BCUT2D eigenvalue weighted by atomic mass is 9.88. The van der Waals surface area contributed by atoms with Crippen LogP contribution < -0.4 is 4.90 Å². The van der Waals surface area contributed by atoms with Crippen molar-refractivity contribution in [2.75, 3.05) is 4.90 Å². The Morgan fingerprint density at radius 1 is 1.04 bits per heavy atom. The highest BCUT2D eigenvalue weighted by Crippen LogP contribution is 2.46.